The standard InChI is InChI=1S/C14H14N4O/c1-4-9-7-18-8-11(10(5-2)12(19)6-3)16-14(18)17-13(9)15/h4-8,19H,1-3H2,(H2,15,16,17)/b12-10-. The van der Waals surface area contributed by atoms with Crippen LogP contribution in [0.5, 0.6) is 0 Å². The van der Waals surface area contributed by atoms with Crippen molar-refractivity contribution in [2.75, 3.05) is 5.73 Å². The number of nitrogens with two attached hydrogens (primary N) is 1. The van der Waals surface area contributed by atoms with E-state index in [1.807, 2.05) is 0 Å². The lowest BCUT2D eigenvalue weighted by Gasteiger charge is -1.99. The van der Waals surface area contributed by atoms with Crippen molar-refractivity contribution < 1.29 is 5.11 Å². The Kier molecular flexibility index (Phi) is 3.20. The molecule has 0 aromatic carbocycles. The minimum Gasteiger partial charge on any atom is -0.507 e. The molecule has 2 aromatic rings. The molecule has 0 atom stereocenters. The third-order valence-electron chi connectivity index (χ3n) is 2.68. The quantitative estimate of drug-likeness (QED) is 0.649. The van der Waals surface area contributed by atoms with E-state index in [0.717, 1.165) is 0 Å². The summed E-state index contributed by atoms with van der Waals surface area (Å²) in [6.07, 6.45) is 7.96. The van der Waals surface area contributed by atoms with Crippen molar-refractivity contribution in [3.8, 4) is 0 Å². The molecule has 0 bridgehead atoms. The first-order chi connectivity index (χ1) is 9.10. The number of nitrogen functional groups attached to an aromatic ring is 1. The summed E-state index contributed by atoms with van der Waals surface area (Å²) in [6, 6.07) is 0. The Balaban J connectivity index is 2.68. The summed E-state index contributed by atoms with van der Waals surface area (Å²) in [7, 11) is 0. The first-order valence-electron chi connectivity index (χ1n) is 5.56. The molecule has 0 aliphatic heterocycles. The summed E-state index contributed by atoms with van der Waals surface area (Å²) in [5.74, 6) is 0.807. The molecule has 0 amide bonds. The van der Waals surface area contributed by atoms with Crippen molar-refractivity contribution in [3.63, 3.8) is 0 Å². The second-order valence-corrected chi connectivity index (χ2v) is 3.83. The van der Waals surface area contributed by atoms with Crippen molar-refractivity contribution in [1.82, 2.24) is 14.4 Å². The van der Waals surface area contributed by atoms with Gasteiger partial charge in [0, 0.05) is 23.5 Å². The molecule has 0 aliphatic rings. The maximum absolute atomic E-state index is 9.73. The molecule has 0 saturated heterocycles. The van der Waals surface area contributed by atoms with Crippen LogP contribution in [0, 0.1) is 0 Å². The fourth-order valence-electron chi connectivity index (χ4n) is 1.69. The average molecular weight is 254 g/mol. The largest absolute Gasteiger partial charge is 0.507 e. The highest BCUT2D eigenvalue weighted by Crippen LogP contribution is 2.20. The van der Waals surface area contributed by atoms with Gasteiger partial charge < -0.3 is 10.8 Å². The van der Waals surface area contributed by atoms with Gasteiger partial charge in [0.25, 0.3) is 0 Å². The molecular formula is C14H14N4O. The number of anilines is 1. The first-order valence-corrected chi connectivity index (χ1v) is 5.56. The van der Waals surface area contributed by atoms with Gasteiger partial charge in [0.05, 0.1) is 5.69 Å². The SMILES string of the molecule is C=C/C(O)=C(\C=C)c1cn2cc(C=C)c(N)nc2n1. The monoisotopic (exact) mass is 254 g/mol. The molecule has 0 radical (unpaired) electrons. The Morgan fingerprint density at radius 1 is 1.21 bits per heavy atom. The lowest BCUT2D eigenvalue weighted by atomic mass is 10.1. The van der Waals surface area contributed by atoms with Gasteiger partial charge in [-0.15, -0.1) is 0 Å². The second-order valence-electron chi connectivity index (χ2n) is 3.83. The number of rotatable bonds is 4. The number of hydrogen-bond acceptors (Lipinski definition) is 4. The molecule has 0 aliphatic carbocycles. The lowest BCUT2D eigenvalue weighted by molar-refractivity contribution is 0.436. The minimum atomic E-state index is 0.00956. The van der Waals surface area contributed by atoms with Crippen LogP contribution in [0.1, 0.15) is 11.3 Å². The number of allylic oxidation sites excluding steroid dienone is 3. The number of imidazole rings is 1. The van der Waals surface area contributed by atoms with Crippen LogP contribution in [0.25, 0.3) is 17.4 Å². The van der Waals surface area contributed by atoms with Gasteiger partial charge in [-0.05, 0) is 6.08 Å². The molecule has 0 saturated carbocycles. The normalized spacial score (nSPS) is 12.0. The first kappa shape index (κ1) is 12.6. The van der Waals surface area contributed by atoms with Crippen LogP contribution in [-0.2, 0) is 0 Å². The van der Waals surface area contributed by atoms with Crippen molar-refractivity contribution in [2.24, 2.45) is 0 Å². The van der Waals surface area contributed by atoms with Gasteiger partial charge in [0.2, 0.25) is 5.78 Å². The second kappa shape index (κ2) is 4.81. The van der Waals surface area contributed by atoms with E-state index < -0.39 is 0 Å². The summed E-state index contributed by atoms with van der Waals surface area (Å²) < 4.78 is 1.71. The Bertz CT molecular complexity index is 710. The van der Waals surface area contributed by atoms with Crippen LogP contribution in [0.15, 0.2) is 50.0 Å². The van der Waals surface area contributed by atoms with E-state index in [-0.39, 0.29) is 5.76 Å². The maximum Gasteiger partial charge on any atom is 0.236 e. The minimum absolute atomic E-state index is 0.00956. The van der Waals surface area contributed by atoms with E-state index in [4.69, 9.17) is 5.73 Å². The highest BCUT2D eigenvalue weighted by atomic mass is 16.3. The molecular weight excluding hydrogens is 240 g/mol. The average Bonchev–Trinajstić information content (AvgIpc) is 2.80. The van der Waals surface area contributed by atoms with Crippen molar-refractivity contribution >= 4 is 23.2 Å². The van der Waals surface area contributed by atoms with Crippen LogP contribution >= 0.6 is 0 Å². The third-order valence-corrected chi connectivity index (χ3v) is 2.68. The summed E-state index contributed by atoms with van der Waals surface area (Å²) >= 11 is 0. The molecule has 2 aromatic heterocycles. The predicted molar refractivity (Wildman–Crippen MR) is 77.4 cm³/mol. The summed E-state index contributed by atoms with van der Waals surface area (Å²) in [6.45, 7) is 10.8. The Morgan fingerprint density at radius 2 is 1.95 bits per heavy atom. The molecule has 5 heteroatoms. The smallest absolute Gasteiger partial charge is 0.236 e. The highest BCUT2D eigenvalue weighted by Gasteiger charge is 2.10. The van der Waals surface area contributed by atoms with Crippen LogP contribution in [-0.4, -0.2) is 19.5 Å². The topological polar surface area (TPSA) is 76.4 Å². The molecule has 0 unspecified atom stereocenters. The lowest BCUT2D eigenvalue weighted by Crippen LogP contribution is -1.98. The van der Waals surface area contributed by atoms with Crippen LogP contribution in [0.2, 0.25) is 0 Å². The zero-order valence-corrected chi connectivity index (χ0v) is 10.4. The Hall–Kier alpha value is -2.82. The van der Waals surface area contributed by atoms with Gasteiger partial charge in [-0.2, -0.15) is 4.98 Å². The number of aliphatic hydroxyl groups excluding tert-OH is 1. The molecule has 2 rings (SSSR count). The highest BCUT2D eigenvalue weighted by molar-refractivity contribution is 5.75. The number of aliphatic hydroxyl groups is 1. The van der Waals surface area contributed by atoms with Gasteiger partial charge >= 0.3 is 0 Å². The van der Waals surface area contributed by atoms with E-state index in [2.05, 4.69) is 29.7 Å². The van der Waals surface area contributed by atoms with E-state index in [1.54, 1.807) is 22.9 Å². The number of aromatic nitrogens is 3. The van der Waals surface area contributed by atoms with E-state index in [1.165, 1.54) is 12.2 Å². The van der Waals surface area contributed by atoms with Crippen LogP contribution < -0.4 is 5.73 Å². The van der Waals surface area contributed by atoms with Crippen LogP contribution in [0.3, 0.4) is 0 Å². The number of fused-ring (bicyclic) bond motifs is 1. The number of nitrogens with zero attached hydrogens (tertiary/aromatic N) is 3. The van der Waals surface area contributed by atoms with E-state index >= 15 is 0 Å². The van der Waals surface area contributed by atoms with Crippen molar-refractivity contribution in [3.05, 3.63) is 61.3 Å². The molecule has 96 valence electrons. The number of hydrogen-bond donors (Lipinski definition) is 2. The van der Waals surface area contributed by atoms with Gasteiger partial charge in [-0.3, -0.25) is 4.40 Å². The van der Waals surface area contributed by atoms with E-state index in [0.29, 0.717) is 28.4 Å². The van der Waals surface area contributed by atoms with Gasteiger partial charge in [-0.25, -0.2) is 4.98 Å². The van der Waals surface area contributed by atoms with Gasteiger partial charge in [0.1, 0.15) is 11.6 Å². The van der Waals surface area contributed by atoms with Crippen LogP contribution in [0.4, 0.5) is 5.82 Å². The molecule has 19 heavy (non-hydrogen) atoms. The van der Waals surface area contributed by atoms with Crippen molar-refractivity contribution in [1.29, 1.82) is 0 Å². The fourth-order valence-corrected chi connectivity index (χ4v) is 1.69. The Labute approximate surface area is 110 Å². The zero-order chi connectivity index (χ0) is 14.0. The van der Waals surface area contributed by atoms with Gasteiger partial charge in [-0.1, -0.05) is 31.9 Å². The van der Waals surface area contributed by atoms with E-state index in [9.17, 15) is 5.11 Å². The zero-order valence-electron chi connectivity index (χ0n) is 10.4. The third kappa shape index (κ3) is 2.13. The summed E-state index contributed by atoms with van der Waals surface area (Å²) in [5.41, 5.74) is 7.51. The fraction of sp³-hybridized carbons (Fsp3) is 0. The van der Waals surface area contributed by atoms with Gasteiger partial charge in [0.15, 0.2) is 0 Å². The van der Waals surface area contributed by atoms with Crippen molar-refractivity contribution in [2.45, 2.75) is 0 Å². The molecule has 3 N–H and O–H groups in total. The molecule has 2 heterocycles. The predicted octanol–water partition coefficient (Wildman–Crippen LogP) is 2.60. The molecule has 5 nitrogen and oxygen atoms in total. The summed E-state index contributed by atoms with van der Waals surface area (Å²) in [4.78, 5) is 8.45. The Morgan fingerprint density at radius 3 is 2.53 bits per heavy atom. The molecule has 0 spiro atoms. The molecule has 0 fully saturated rings. The maximum atomic E-state index is 9.73. The summed E-state index contributed by atoms with van der Waals surface area (Å²) in [5, 5.41) is 9.73.